The second-order valence-corrected chi connectivity index (χ2v) is 9.89. The highest BCUT2D eigenvalue weighted by molar-refractivity contribution is 7.10. The van der Waals surface area contributed by atoms with E-state index in [0.29, 0.717) is 5.69 Å². The highest BCUT2D eigenvalue weighted by Gasteiger charge is 2.37. The molecule has 1 aliphatic rings. The first kappa shape index (κ1) is 25.0. The molecular formula is C26H28F3N3O2S. The molecule has 3 aromatic rings. The number of carbonyl (C=O) groups is 2. The molecule has 1 N–H and O–H groups in total. The lowest BCUT2D eigenvalue weighted by molar-refractivity contribution is -0.137. The van der Waals surface area contributed by atoms with Crippen molar-refractivity contribution in [2.45, 2.75) is 56.8 Å². The number of alkyl halides is 3. The van der Waals surface area contributed by atoms with Gasteiger partial charge in [-0.25, -0.2) is 0 Å². The average Bonchev–Trinajstić information content (AvgIpc) is 3.49. The summed E-state index contributed by atoms with van der Waals surface area (Å²) in [6, 6.07) is 10.6. The van der Waals surface area contributed by atoms with Crippen LogP contribution in [0.1, 0.15) is 54.3 Å². The predicted molar refractivity (Wildman–Crippen MR) is 130 cm³/mol. The van der Waals surface area contributed by atoms with Crippen molar-refractivity contribution in [1.29, 1.82) is 0 Å². The number of halogens is 3. The fourth-order valence-corrected chi connectivity index (χ4v) is 5.28. The van der Waals surface area contributed by atoms with Crippen molar-refractivity contribution in [2.24, 2.45) is 7.05 Å². The topological polar surface area (TPSA) is 54.3 Å². The number of anilines is 1. The molecule has 0 spiro atoms. The van der Waals surface area contributed by atoms with Crippen LogP contribution in [0.2, 0.25) is 0 Å². The van der Waals surface area contributed by atoms with Gasteiger partial charge in [-0.15, -0.1) is 11.3 Å². The smallest absolute Gasteiger partial charge is 0.352 e. The molecule has 35 heavy (non-hydrogen) atoms. The summed E-state index contributed by atoms with van der Waals surface area (Å²) in [4.78, 5) is 29.4. The SMILES string of the molecule is Cn1cccc1C(C(=O)NC1CCCCC1)N(C(=O)Cc1cccs1)c1cccc(C(F)(F)F)c1. The summed E-state index contributed by atoms with van der Waals surface area (Å²) in [7, 11) is 1.75. The summed E-state index contributed by atoms with van der Waals surface area (Å²) in [5.74, 6) is -0.840. The molecule has 1 fully saturated rings. The third kappa shape index (κ3) is 5.96. The van der Waals surface area contributed by atoms with E-state index < -0.39 is 29.6 Å². The lowest BCUT2D eigenvalue weighted by Crippen LogP contribution is -2.48. The molecule has 2 heterocycles. The van der Waals surface area contributed by atoms with Crippen molar-refractivity contribution >= 4 is 28.8 Å². The second-order valence-electron chi connectivity index (χ2n) is 8.86. The van der Waals surface area contributed by atoms with Crippen LogP contribution in [0.4, 0.5) is 18.9 Å². The lowest BCUT2D eigenvalue weighted by atomic mass is 9.95. The van der Waals surface area contributed by atoms with E-state index in [2.05, 4.69) is 5.32 Å². The van der Waals surface area contributed by atoms with Crippen LogP contribution in [-0.2, 0) is 29.2 Å². The average molecular weight is 504 g/mol. The maximum Gasteiger partial charge on any atom is 0.416 e. The maximum atomic E-state index is 13.7. The molecule has 5 nitrogen and oxygen atoms in total. The van der Waals surface area contributed by atoms with Crippen LogP contribution in [0.5, 0.6) is 0 Å². The number of benzene rings is 1. The molecule has 4 rings (SSSR count). The third-order valence-electron chi connectivity index (χ3n) is 6.35. The van der Waals surface area contributed by atoms with Crippen LogP contribution in [0.15, 0.2) is 60.1 Å². The zero-order valence-corrected chi connectivity index (χ0v) is 20.2. The Kier molecular flexibility index (Phi) is 7.64. The molecule has 2 amide bonds. The van der Waals surface area contributed by atoms with E-state index in [1.807, 2.05) is 11.4 Å². The van der Waals surface area contributed by atoms with Crippen molar-refractivity contribution in [3.8, 4) is 0 Å². The minimum atomic E-state index is -4.58. The zero-order chi connectivity index (χ0) is 25.0. The van der Waals surface area contributed by atoms with E-state index in [9.17, 15) is 22.8 Å². The Hall–Kier alpha value is -3.07. The van der Waals surface area contributed by atoms with Crippen LogP contribution in [-0.4, -0.2) is 22.4 Å². The van der Waals surface area contributed by atoms with Gasteiger partial charge in [0, 0.05) is 29.9 Å². The number of thiophene rings is 1. The van der Waals surface area contributed by atoms with E-state index in [0.717, 1.165) is 49.1 Å². The number of nitrogens with one attached hydrogen (secondary N) is 1. The number of amides is 2. The number of aryl methyl sites for hydroxylation is 1. The summed E-state index contributed by atoms with van der Waals surface area (Å²) < 4.78 is 42.4. The molecule has 1 unspecified atom stereocenters. The molecule has 1 saturated carbocycles. The van der Waals surface area contributed by atoms with Crippen molar-refractivity contribution in [2.75, 3.05) is 4.90 Å². The highest BCUT2D eigenvalue weighted by Crippen LogP contribution is 2.35. The fraction of sp³-hybridized carbons (Fsp3) is 0.385. The van der Waals surface area contributed by atoms with Gasteiger partial charge in [0.2, 0.25) is 11.8 Å². The maximum absolute atomic E-state index is 13.7. The number of nitrogens with zero attached hydrogens (tertiary/aromatic N) is 2. The van der Waals surface area contributed by atoms with E-state index in [1.54, 1.807) is 36.0 Å². The molecular weight excluding hydrogens is 475 g/mol. The lowest BCUT2D eigenvalue weighted by Gasteiger charge is -2.33. The van der Waals surface area contributed by atoms with E-state index in [-0.39, 0.29) is 18.2 Å². The van der Waals surface area contributed by atoms with Gasteiger partial charge < -0.3 is 9.88 Å². The van der Waals surface area contributed by atoms with Crippen molar-refractivity contribution in [3.05, 3.63) is 76.2 Å². The molecule has 9 heteroatoms. The van der Waals surface area contributed by atoms with Crippen molar-refractivity contribution in [3.63, 3.8) is 0 Å². The van der Waals surface area contributed by atoms with Crippen LogP contribution in [0.3, 0.4) is 0 Å². The summed E-state index contributed by atoms with van der Waals surface area (Å²) in [5.41, 5.74) is -0.316. The van der Waals surface area contributed by atoms with Gasteiger partial charge in [0.15, 0.2) is 6.04 Å². The van der Waals surface area contributed by atoms with E-state index in [4.69, 9.17) is 0 Å². The number of rotatable bonds is 7. The Morgan fingerprint density at radius 3 is 2.51 bits per heavy atom. The van der Waals surface area contributed by atoms with E-state index in [1.165, 1.54) is 28.4 Å². The van der Waals surface area contributed by atoms with Crippen LogP contribution in [0, 0.1) is 0 Å². The highest BCUT2D eigenvalue weighted by atomic mass is 32.1. The first-order chi connectivity index (χ1) is 16.7. The number of aromatic nitrogens is 1. The van der Waals surface area contributed by atoms with Gasteiger partial charge >= 0.3 is 6.18 Å². The Balaban J connectivity index is 1.78. The van der Waals surface area contributed by atoms with Gasteiger partial charge in [0.25, 0.3) is 0 Å². The normalized spacial score (nSPS) is 15.5. The Labute approximate surface area is 206 Å². The summed E-state index contributed by atoms with van der Waals surface area (Å²) in [6.45, 7) is 0. The third-order valence-corrected chi connectivity index (χ3v) is 7.22. The number of hydrogen-bond donors (Lipinski definition) is 1. The monoisotopic (exact) mass is 503 g/mol. The molecule has 186 valence electrons. The van der Waals surface area contributed by atoms with E-state index >= 15 is 0 Å². The minimum Gasteiger partial charge on any atom is -0.352 e. The molecule has 1 aliphatic carbocycles. The summed E-state index contributed by atoms with van der Waals surface area (Å²) in [6.07, 6.45) is 1.97. The molecule has 0 aliphatic heterocycles. The van der Waals surface area contributed by atoms with Crippen LogP contribution in [0.25, 0.3) is 0 Å². The molecule has 1 aromatic carbocycles. The van der Waals surface area contributed by atoms with Crippen LogP contribution >= 0.6 is 11.3 Å². The summed E-state index contributed by atoms with van der Waals surface area (Å²) in [5, 5.41) is 4.91. The molecule has 0 radical (unpaired) electrons. The Morgan fingerprint density at radius 2 is 1.89 bits per heavy atom. The molecule has 2 aromatic heterocycles. The predicted octanol–water partition coefficient (Wildman–Crippen LogP) is 5.87. The Bertz CT molecular complexity index is 1150. The fourth-order valence-electron chi connectivity index (χ4n) is 4.59. The van der Waals surface area contributed by atoms with Gasteiger partial charge in [-0.1, -0.05) is 31.4 Å². The second kappa shape index (κ2) is 10.7. The number of carbonyl (C=O) groups excluding carboxylic acids is 2. The largest absolute Gasteiger partial charge is 0.416 e. The quantitative estimate of drug-likeness (QED) is 0.438. The Morgan fingerprint density at radius 1 is 1.11 bits per heavy atom. The van der Waals surface area contributed by atoms with Gasteiger partial charge in [-0.05, 0) is 54.6 Å². The zero-order valence-electron chi connectivity index (χ0n) is 19.4. The number of hydrogen-bond acceptors (Lipinski definition) is 3. The molecule has 1 atom stereocenters. The van der Waals surface area contributed by atoms with Gasteiger partial charge in [0.1, 0.15) is 0 Å². The van der Waals surface area contributed by atoms with Gasteiger partial charge in [0.05, 0.1) is 17.7 Å². The van der Waals surface area contributed by atoms with Crippen LogP contribution < -0.4 is 10.2 Å². The first-order valence-corrected chi connectivity index (χ1v) is 12.6. The molecule has 0 saturated heterocycles. The minimum absolute atomic E-state index is 0.0187. The first-order valence-electron chi connectivity index (χ1n) is 11.7. The standard InChI is InChI=1S/C26H28F3N3O2S/c1-31-14-6-13-22(31)24(25(34)30-19-9-3-2-4-10-19)32(23(33)17-21-12-7-15-35-21)20-11-5-8-18(16-20)26(27,28)29/h5-8,11-16,19,24H,2-4,9-10,17H2,1H3,(H,30,34). The summed E-state index contributed by atoms with van der Waals surface area (Å²) >= 11 is 1.39. The van der Waals surface area contributed by atoms with Crippen molar-refractivity contribution < 1.29 is 22.8 Å². The molecule has 0 bridgehead atoms. The van der Waals surface area contributed by atoms with Crippen molar-refractivity contribution in [1.82, 2.24) is 9.88 Å². The van der Waals surface area contributed by atoms with Gasteiger partial charge in [-0.2, -0.15) is 13.2 Å². The van der Waals surface area contributed by atoms with Gasteiger partial charge in [-0.3, -0.25) is 14.5 Å².